The Kier molecular flexibility index (Phi) is 4.43. The topological polar surface area (TPSA) is 55.6 Å². The minimum atomic E-state index is -0.260. The Hall–Kier alpha value is -1.55. The molecule has 1 saturated heterocycles. The zero-order valence-electron chi connectivity index (χ0n) is 11.6. The molecular weight excluding hydrogens is 240 g/mol. The first-order valence-electron chi connectivity index (χ1n) is 6.88. The first kappa shape index (κ1) is 13.9. The molecule has 104 valence electrons. The van der Waals surface area contributed by atoms with Crippen molar-refractivity contribution in [1.82, 2.24) is 4.90 Å². The van der Waals surface area contributed by atoms with Gasteiger partial charge in [0.1, 0.15) is 6.10 Å². The molecule has 1 aliphatic rings. The van der Waals surface area contributed by atoms with Gasteiger partial charge in [-0.05, 0) is 44.4 Å². The highest BCUT2D eigenvalue weighted by molar-refractivity contribution is 5.81. The molecule has 1 fully saturated rings. The number of benzene rings is 1. The summed E-state index contributed by atoms with van der Waals surface area (Å²) in [5.74, 6) is 0.101. The molecule has 1 heterocycles. The third-order valence-corrected chi connectivity index (χ3v) is 3.55. The Morgan fingerprint density at radius 2 is 2.05 bits per heavy atom. The highest BCUT2D eigenvalue weighted by Crippen LogP contribution is 2.21. The van der Waals surface area contributed by atoms with Crippen LogP contribution in [-0.4, -0.2) is 29.6 Å². The number of likely N-dealkylation sites (N-methyl/N-ethyl adjacent to an activating group) is 1. The molecule has 4 nitrogen and oxygen atoms in total. The van der Waals surface area contributed by atoms with Crippen LogP contribution in [0.1, 0.15) is 32.3 Å². The number of carbonyl (C=O) groups excluding carboxylic acids is 1. The predicted molar refractivity (Wildman–Crippen MR) is 75.5 cm³/mol. The summed E-state index contributed by atoms with van der Waals surface area (Å²) < 4.78 is 5.65. The largest absolute Gasteiger partial charge is 0.399 e. The number of nitrogen functional groups attached to an aromatic ring is 1. The summed E-state index contributed by atoms with van der Waals surface area (Å²) in [6.07, 6.45) is 1.74. The Morgan fingerprint density at radius 3 is 2.58 bits per heavy atom. The first-order chi connectivity index (χ1) is 9.10. The summed E-state index contributed by atoms with van der Waals surface area (Å²) >= 11 is 0. The molecule has 4 heteroatoms. The van der Waals surface area contributed by atoms with E-state index in [2.05, 4.69) is 0 Å². The van der Waals surface area contributed by atoms with Crippen LogP contribution < -0.4 is 5.73 Å². The second-order valence-electron chi connectivity index (χ2n) is 5.11. The molecule has 0 aliphatic carbocycles. The van der Waals surface area contributed by atoms with Crippen molar-refractivity contribution in [2.45, 2.75) is 45.4 Å². The molecule has 0 saturated carbocycles. The third kappa shape index (κ3) is 3.47. The summed E-state index contributed by atoms with van der Waals surface area (Å²) in [7, 11) is 0. The van der Waals surface area contributed by atoms with Crippen LogP contribution in [0.25, 0.3) is 0 Å². The predicted octanol–water partition coefficient (Wildman–Crippen LogP) is 2.18. The molecule has 2 atom stereocenters. The van der Waals surface area contributed by atoms with Crippen molar-refractivity contribution in [3.8, 4) is 0 Å². The number of hydrogen-bond donors (Lipinski definition) is 1. The number of nitrogens with zero attached hydrogens (tertiary/aromatic N) is 1. The lowest BCUT2D eigenvalue weighted by molar-refractivity contribution is -0.143. The third-order valence-electron chi connectivity index (χ3n) is 3.55. The van der Waals surface area contributed by atoms with E-state index in [4.69, 9.17) is 10.5 Å². The van der Waals surface area contributed by atoms with Crippen LogP contribution in [0.15, 0.2) is 24.3 Å². The number of amides is 1. The molecule has 0 aromatic heterocycles. The van der Waals surface area contributed by atoms with E-state index < -0.39 is 0 Å². The van der Waals surface area contributed by atoms with Gasteiger partial charge < -0.3 is 15.4 Å². The van der Waals surface area contributed by atoms with Crippen molar-refractivity contribution in [1.29, 1.82) is 0 Å². The zero-order valence-corrected chi connectivity index (χ0v) is 11.6. The lowest BCUT2D eigenvalue weighted by Crippen LogP contribution is -2.38. The number of rotatable bonds is 4. The Morgan fingerprint density at radius 1 is 1.37 bits per heavy atom. The summed E-state index contributed by atoms with van der Waals surface area (Å²) in [6.45, 7) is 5.32. The average Bonchev–Trinajstić information content (AvgIpc) is 2.84. The molecule has 19 heavy (non-hydrogen) atoms. The van der Waals surface area contributed by atoms with Crippen LogP contribution in [0.2, 0.25) is 0 Å². The molecule has 0 radical (unpaired) electrons. The second kappa shape index (κ2) is 6.06. The molecule has 0 bridgehead atoms. The fourth-order valence-electron chi connectivity index (χ4n) is 2.38. The molecule has 1 aromatic rings. The van der Waals surface area contributed by atoms with Gasteiger partial charge in [-0.2, -0.15) is 0 Å². The molecule has 1 aromatic carbocycles. The van der Waals surface area contributed by atoms with Crippen molar-refractivity contribution in [3.63, 3.8) is 0 Å². The Balaban J connectivity index is 1.99. The number of anilines is 1. The van der Waals surface area contributed by atoms with Crippen LogP contribution in [0.5, 0.6) is 0 Å². The maximum absolute atomic E-state index is 12.4. The molecule has 1 amide bonds. The van der Waals surface area contributed by atoms with E-state index >= 15 is 0 Å². The van der Waals surface area contributed by atoms with E-state index in [9.17, 15) is 4.79 Å². The monoisotopic (exact) mass is 262 g/mol. The molecule has 1 aliphatic heterocycles. The van der Waals surface area contributed by atoms with Crippen LogP contribution >= 0.6 is 0 Å². The fourth-order valence-corrected chi connectivity index (χ4v) is 2.38. The van der Waals surface area contributed by atoms with E-state index in [1.165, 1.54) is 0 Å². The first-order valence-corrected chi connectivity index (χ1v) is 6.88. The van der Waals surface area contributed by atoms with Crippen LogP contribution in [-0.2, 0) is 16.1 Å². The molecule has 0 spiro atoms. The fraction of sp³-hybridized carbons (Fsp3) is 0.533. The van der Waals surface area contributed by atoms with Gasteiger partial charge in [0, 0.05) is 18.8 Å². The number of hydrogen-bond acceptors (Lipinski definition) is 3. The molecule has 2 unspecified atom stereocenters. The van der Waals surface area contributed by atoms with E-state index in [1.54, 1.807) is 0 Å². The van der Waals surface area contributed by atoms with E-state index in [0.29, 0.717) is 13.1 Å². The molecular formula is C15H22N2O2. The van der Waals surface area contributed by atoms with Gasteiger partial charge in [0.15, 0.2) is 0 Å². The molecule has 2 rings (SSSR count). The number of carbonyl (C=O) groups is 1. The van der Waals surface area contributed by atoms with Crippen molar-refractivity contribution < 1.29 is 9.53 Å². The van der Waals surface area contributed by atoms with Crippen molar-refractivity contribution in [3.05, 3.63) is 29.8 Å². The second-order valence-corrected chi connectivity index (χ2v) is 5.11. The average molecular weight is 262 g/mol. The summed E-state index contributed by atoms with van der Waals surface area (Å²) in [4.78, 5) is 14.2. The lowest BCUT2D eigenvalue weighted by atomic mass is 10.1. The minimum Gasteiger partial charge on any atom is -0.399 e. The highest BCUT2D eigenvalue weighted by atomic mass is 16.5. The van der Waals surface area contributed by atoms with Crippen LogP contribution in [0, 0.1) is 0 Å². The van der Waals surface area contributed by atoms with Gasteiger partial charge in [0.05, 0.1) is 6.10 Å². The smallest absolute Gasteiger partial charge is 0.252 e. The van der Waals surface area contributed by atoms with Gasteiger partial charge in [-0.3, -0.25) is 4.79 Å². The SMILES string of the molecule is CCN(Cc1ccc(N)cc1)C(=O)C1CCC(C)O1. The highest BCUT2D eigenvalue weighted by Gasteiger charge is 2.30. The number of ether oxygens (including phenoxy) is 1. The summed E-state index contributed by atoms with van der Waals surface area (Å²) in [5, 5.41) is 0. The normalized spacial score (nSPS) is 22.4. The lowest BCUT2D eigenvalue weighted by Gasteiger charge is -2.24. The standard InChI is InChI=1S/C15H22N2O2/c1-3-17(10-12-5-7-13(16)8-6-12)15(18)14-9-4-11(2)19-14/h5-8,11,14H,3-4,9-10,16H2,1-2H3. The van der Waals surface area contributed by atoms with E-state index in [1.807, 2.05) is 43.0 Å². The van der Waals surface area contributed by atoms with Gasteiger partial charge in [0.2, 0.25) is 0 Å². The van der Waals surface area contributed by atoms with Crippen molar-refractivity contribution in [2.24, 2.45) is 0 Å². The van der Waals surface area contributed by atoms with Gasteiger partial charge >= 0.3 is 0 Å². The summed E-state index contributed by atoms with van der Waals surface area (Å²) in [6, 6.07) is 7.65. The summed E-state index contributed by atoms with van der Waals surface area (Å²) in [5.41, 5.74) is 7.50. The maximum Gasteiger partial charge on any atom is 0.252 e. The van der Waals surface area contributed by atoms with Gasteiger partial charge in [-0.1, -0.05) is 12.1 Å². The molecule has 2 N–H and O–H groups in total. The van der Waals surface area contributed by atoms with E-state index in [0.717, 1.165) is 24.1 Å². The van der Waals surface area contributed by atoms with Crippen LogP contribution in [0.4, 0.5) is 5.69 Å². The quantitative estimate of drug-likeness (QED) is 0.846. The van der Waals surface area contributed by atoms with Crippen molar-refractivity contribution in [2.75, 3.05) is 12.3 Å². The van der Waals surface area contributed by atoms with Gasteiger partial charge in [0.25, 0.3) is 5.91 Å². The maximum atomic E-state index is 12.4. The Bertz CT molecular complexity index is 430. The van der Waals surface area contributed by atoms with Crippen molar-refractivity contribution >= 4 is 11.6 Å². The minimum absolute atomic E-state index is 0.101. The van der Waals surface area contributed by atoms with E-state index in [-0.39, 0.29) is 18.1 Å². The number of nitrogens with two attached hydrogens (primary N) is 1. The van der Waals surface area contributed by atoms with Crippen LogP contribution in [0.3, 0.4) is 0 Å². The Labute approximate surface area is 114 Å². The zero-order chi connectivity index (χ0) is 13.8. The van der Waals surface area contributed by atoms with Gasteiger partial charge in [-0.25, -0.2) is 0 Å². The van der Waals surface area contributed by atoms with Gasteiger partial charge in [-0.15, -0.1) is 0 Å².